The van der Waals surface area contributed by atoms with Crippen molar-refractivity contribution in [2.45, 2.75) is 19.3 Å². The van der Waals surface area contributed by atoms with E-state index in [9.17, 15) is 4.79 Å². The predicted octanol–water partition coefficient (Wildman–Crippen LogP) is 4.97. The number of hydrogen-bond acceptors (Lipinski definition) is 6. The van der Waals surface area contributed by atoms with Gasteiger partial charge in [-0.05, 0) is 54.1 Å². The van der Waals surface area contributed by atoms with Crippen molar-refractivity contribution in [1.82, 2.24) is 4.90 Å². The second-order valence-corrected chi connectivity index (χ2v) is 9.92. The molecule has 7 nitrogen and oxygen atoms in total. The quantitative estimate of drug-likeness (QED) is 0.513. The molecule has 0 radical (unpaired) electrons. The van der Waals surface area contributed by atoms with Crippen LogP contribution in [0.1, 0.15) is 35.3 Å². The smallest absolute Gasteiger partial charge is 0.255 e. The molecule has 0 saturated carbocycles. The summed E-state index contributed by atoms with van der Waals surface area (Å²) in [5.74, 6) is 2.02. The number of methoxy groups -OCH3 is 2. The van der Waals surface area contributed by atoms with E-state index in [2.05, 4.69) is 36.2 Å². The second kappa shape index (κ2) is 10.4. The molecular weight excluding hydrogens is 468 g/mol. The lowest BCUT2D eigenvalue weighted by molar-refractivity contribution is 0.0323. The molecule has 0 atom stereocenters. The van der Waals surface area contributed by atoms with E-state index in [1.807, 2.05) is 36.4 Å². The molecule has 7 heteroatoms. The van der Waals surface area contributed by atoms with Crippen molar-refractivity contribution < 1.29 is 23.7 Å². The zero-order valence-corrected chi connectivity index (χ0v) is 21.9. The Hall–Kier alpha value is -3.55. The van der Waals surface area contributed by atoms with Gasteiger partial charge < -0.3 is 24.3 Å². The van der Waals surface area contributed by atoms with E-state index in [0.29, 0.717) is 23.6 Å². The van der Waals surface area contributed by atoms with E-state index in [1.54, 1.807) is 20.3 Å². The Kier molecular flexibility index (Phi) is 7.09. The molecule has 2 aliphatic heterocycles. The molecule has 3 aromatic carbocycles. The fourth-order valence-corrected chi connectivity index (χ4v) is 5.03. The van der Waals surface area contributed by atoms with Crippen LogP contribution in [0, 0.1) is 0 Å². The number of nitrogens with zero attached hydrogens (tertiary/aromatic N) is 1. The van der Waals surface area contributed by atoms with Gasteiger partial charge in [-0.25, -0.2) is 0 Å². The summed E-state index contributed by atoms with van der Waals surface area (Å²) in [6.45, 7) is 9.00. The SMILES string of the molecule is COc1ccc2c(c1)-c1cc(ccc1OCCN1CCOCC1)C(C)(C)c1cc(ccc1OC)C(=O)N2. The van der Waals surface area contributed by atoms with Crippen LogP contribution in [0.3, 0.4) is 0 Å². The Bertz CT molecular complexity index is 1300. The van der Waals surface area contributed by atoms with Gasteiger partial charge in [0.15, 0.2) is 0 Å². The molecule has 1 fully saturated rings. The van der Waals surface area contributed by atoms with E-state index in [1.165, 1.54) is 0 Å². The summed E-state index contributed by atoms with van der Waals surface area (Å²) in [5, 5.41) is 3.11. The molecule has 0 spiro atoms. The van der Waals surface area contributed by atoms with Crippen LogP contribution in [-0.2, 0) is 10.2 Å². The molecule has 1 amide bonds. The number of morpholine rings is 1. The Morgan fingerprint density at radius 1 is 0.919 bits per heavy atom. The number of ether oxygens (including phenoxy) is 4. The summed E-state index contributed by atoms with van der Waals surface area (Å²) in [6, 6.07) is 17.6. The average molecular weight is 503 g/mol. The first-order chi connectivity index (χ1) is 17.9. The van der Waals surface area contributed by atoms with Crippen molar-refractivity contribution in [2.24, 2.45) is 0 Å². The third-order valence-corrected chi connectivity index (χ3v) is 7.37. The van der Waals surface area contributed by atoms with Crippen LogP contribution in [0.25, 0.3) is 11.1 Å². The predicted molar refractivity (Wildman–Crippen MR) is 144 cm³/mol. The topological polar surface area (TPSA) is 69.3 Å². The minimum atomic E-state index is -0.438. The average Bonchev–Trinajstić information content (AvgIpc) is 2.93. The highest BCUT2D eigenvalue weighted by atomic mass is 16.5. The number of anilines is 1. The highest BCUT2D eigenvalue weighted by molar-refractivity contribution is 6.07. The van der Waals surface area contributed by atoms with E-state index in [4.69, 9.17) is 18.9 Å². The van der Waals surface area contributed by atoms with Crippen molar-refractivity contribution in [3.8, 4) is 28.4 Å². The van der Waals surface area contributed by atoms with Gasteiger partial charge in [0.2, 0.25) is 0 Å². The molecule has 194 valence electrons. The zero-order valence-electron chi connectivity index (χ0n) is 21.9. The number of hydrogen-bond donors (Lipinski definition) is 1. The van der Waals surface area contributed by atoms with E-state index in [0.717, 1.165) is 66.6 Å². The Morgan fingerprint density at radius 3 is 2.46 bits per heavy atom. The van der Waals surface area contributed by atoms with Gasteiger partial charge >= 0.3 is 0 Å². The minimum absolute atomic E-state index is 0.184. The summed E-state index contributed by atoms with van der Waals surface area (Å²) >= 11 is 0. The van der Waals surface area contributed by atoms with Gasteiger partial charge in [0.25, 0.3) is 5.91 Å². The fraction of sp³-hybridized carbons (Fsp3) is 0.367. The van der Waals surface area contributed by atoms with Crippen molar-refractivity contribution in [3.63, 3.8) is 0 Å². The maximum Gasteiger partial charge on any atom is 0.255 e. The Morgan fingerprint density at radius 2 is 1.70 bits per heavy atom. The zero-order chi connectivity index (χ0) is 26.0. The number of nitrogens with one attached hydrogen (secondary N) is 1. The van der Waals surface area contributed by atoms with Crippen LogP contribution in [0.5, 0.6) is 17.2 Å². The first kappa shape index (κ1) is 25.1. The first-order valence-corrected chi connectivity index (χ1v) is 12.7. The van der Waals surface area contributed by atoms with Gasteiger partial charge in [0.05, 0.1) is 27.4 Å². The Balaban J connectivity index is 1.62. The molecule has 0 aliphatic carbocycles. The second-order valence-electron chi connectivity index (χ2n) is 9.92. The molecular formula is C30H34N2O5. The van der Waals surface area contributed by atoms with Gasteiger partial charge in [-0.2, -0.15) is 0 Å². The standard InChI is InChI=1S/C30H34N2O5/c1-30(2)21-6-10-27(37-16-13-32-11-14-36-15-12-32)24(18-21)23-19-22(34-3)7-8-26(23)31-29(33)20-5-9-28(35-4)25(30)17-20/h5-10,17-19H,11-16H2,1-4H3,(H,31,33). The highest BCUT2D eigenvalue weighted by Crippen LogP contribution is 2.44. The van der Waals surface area contributed by atoms with Crippen molar-refractivity contribution in [2.75, 3.05) is 59.0 Å². The molecule has 3 aromatic rings. The molecule has 37 heavy (non-hydrogen) atoms. The summed E-state index contributed by atoms with van der Waals surface area (Å²) < 4.78 is 23.1. The number of fused-ring (bicyclic) bond motifs is 6. The molecule has 0 aromatic heterocycles. The van der Waals surface area contributed by atoms with Crippen LogP contribution in [0.15, 0.2) is 54.6 Å². The maximum atomic E-state index is 13.4. The lowest BCUT2D eigenvalue weighted by Gasteiger charge is -2.29. The normalized spacial score (nSPS) is 16.7. The van der Waals surface area contributed by atoms with Crippen molar-refractivity contribution in [3.05, 3.63) is 71.3 Å². The minimum Gasteiger partial charge on any atom is -0.497 e. The lowest BCUT2D eigenvalue weighted by atomic mass is 9.76. The van der Waals surface area contributed by atoms with Gasteiger partial charge in [0.1, 0.15) is 23.9 Å². The van der Waals surface area contributed by atoms with Crippen LogP contribution in [0.4, 0.5) is 5.69 Å². The molecule has 0 unspecified atom stereocenters. The van der Waals surface area contributed by atoms with Crippen LogP contribution in [0.2, 0.25) is 0 Å². The van der Waals surface area contributed by atoms with Crippen LogP contribution in [-0.4, -0.2) is 64.5 Å². The van der Waals surface area contributed by atoms with Gasteiger partial charge in [0, 0.05) is 53.0 Å². The number of benzene rings is 3. The molecule has 1 N–H and O–H groups in total. The van der Waals surface area contributed by atoms with Gasteiger partial charge in [-0.1, -0.05) is 19.9 Å². The molecule has 2 aliphatic rings. The highest BCUT2D eigenvalue weighted by Gasteiger charge is 2.30. The van der Waals surface area contributed by atoms with E-state index in [-0.39, 0.29) is 5.91 Å². The van der Waals surface area contributed by atoms with Crippen molar-refractivity contribution >= 4 is 11.6 Å². The Labute approximate surface area is 218 Å². The third kappa shape index (κ3) is 5.02. The summed E-state index contributed by atoms with van der Waals surface area (Å²) in [5.41, 5.74) is 4.59. The van der Waals surface area contributed by atoms with E-state index >= 15 is 0 Å². The summed E-state index contributed by atoms with van der Waals surface area (Å²) in [7, 11) is 3.30. The lowest BCUT2D eigenvalue weighted by Crippen LogP contribution is -2.38. The van der Waals surface area contributed by atoms with E-state index < -0.39 is 5.41 Å². The van der Waals surface area contributed by atoms with Crippen LogP contribution >= 0.6 is 0 Å². The van der Waals surface area contributed by atoms with Gasteiger partial charge in [-0.3, -0.25) is 9.69 Å². The molecule has 5 rings (SSSR count). The first-order valence-electron chi connectivity index (χ1n) is 12.7. The summed E-state index contributed by atoms with van der Waals surface area (Å²) in [6.07, 6.45) is 0. The molecule has 4 bridgehead atoms. The fourth-order valence-electron chi connectivity index (χ4n) is 5.03. The molecule has 1 saturated heterocycles. The monoisotopic (exact) mass is 502 g/mol. The third-order valence-electron chi connectivity index (χ3n) is 7.37. The maximum absolute atomic E-state index is 13.4. The van der Waals surface area contributed by atoms with Gasteiger partial charge in [-0.15, -0.1) is 0 Å². The number of rotatable bonds is 6. The number of amides is 1. The number of carbonyl (C=O) groups is 1. The molecule has 2 heterocycles. The summed E-state index contributed by atoms with van der Waals surface area (Å²) in [4.78, 5) is 15.7. The number of carbonyl (C=O) groups excluding carboxylic acids is 1. The largest absolute Gasteiger partial charge is 0.497 e. The van der Waals surface area contributed by atoms with Crippen molar-refractivity contribution in [1.29, 1.82) is 0 Å². The van der Waals surface area contributed by atoms with Crippen LogP contribution < -0.4 is 19.5 Å².